The molecule has 0 aliphatic rings. The smallest absolute Gasteiger partial charge is 0.417 e. The summed E-state index contributed by atoms with van der Waals surface area (Å²) in [5, 5.41) is 20.3. The van der Waals surface area contributed by atoms with Crippen molar-refractivity contribution in [3.63, 3.8) is 0 Å². The quantitative estimate of drug-likeness (QED) is 0.702. The molecule has 0 fully saturated rings. The maximum absolute atomic E-state index is 13.6. The summed E-state index contributed by atoms with van der Waals surface area (Å²) in [5.41, 5.74) is -5.39. The number of hydrogen-bond acceptors (Lipinski definition) is 2. The third-order valence-electron chi connectivity index (χ3n) is 4.37. The summed E-state index contributed by atoms with van der Waals surface area (Å²) in [4.78, 5) is 0. The lowest BCUT2D eigenvalue weighted by molar-refractivity contribution is -0.266. The Morgan fingerprint density at radius 3 is 1.93 bits per heavy atom. The molecule has 27 heavy (non-hydrogen) atoms. The topological polar surface area (TPSA) is 40.5 Å². The standard InChI is InChI=1S/C19H18F6O2/c1-17(2,15-8-12(20)3-4-16(15)26)10-18(27,19(23,24)25)9-11-5-13(21)7-14(22)6-11/h3-8,26-27H,9-10H2,1-2H3. The lowest BCUT2D eigenvalue weighted by Crippen LogP contribution is -2.50. The van der Waals surface area contributed by atoms with Crippen molar-refractivity contribution in [2.24, 2.45) is 0 Å². The van der Waals surface area contributed by atoms with Gasteiger partial charge in [0.15, 0.2) is 5.60 Å². The Bertz CT molecular complexity index is 811. The molecule has 0 aliphatic heterocycles. The van der Waals surface area contributed by atoms with E-state index in [2.05, 4.69) is 0 Å². The number of aliphatic hydroxyl groups is 1. The van der Waals surface area contributed by atoms with E-state index in [9.17, 15) is 36.6 Å². The number of rotatable bonds is 5. The molecule has 8 heteroatoms. The summed E-state index contributed by atoms with van der Waals surface area (Å²) in [7, 11) is 0. The van der Waals surface area contributed by atoms with Crippen LogP contribution in [-0.4, -0.2) is 22.0 Å². The van der Waals surface area contributed by atoms with Gasteiger partial charge in [0.25, 0.3) is 0 Å². The van der Waals surface area contributed by atoms with Crippen LogP contribution in [0.3, 0.4) is 0 Å². The van der Waals surface area contributed by atoms with Crippen molar-refractivity contribution in [3.05, 3.63) is 65.0 Å². The van der Waals surface area contributed by atoms with E-state index in [0.717, 1.165) is 18.2 Å². The maximum atomic E-state index is 13.6. The summed E-state index contributed by atoms with van der Waals surface area (Å²) in [5.74, 6) is -3.34. The van der Waals surface area contributed by atoms with Gasteiger partial charge in [-0.3, -0.25) is 0 Å². The summed E-state index contributed by atoms with van der Waals surface area (Å²) in [6.07, 6.45) is -7.22. The average Bonchev–Trinajstić information content (AvgIpc) is 2.46. The van der Waals surface area contributed by atoms with E-state index >= 15 is 0 Å². The maximum Gasteiger partial charge on any atom is 0.417 e. The number of phenols is 1. The zero-order valence-electron chi connectivity index (χ0n) is 14.5. The zero-order valence-corrected chi connectivity index (χ0v) is 14.5. The van der Waals surface area contributed by atoms with Gasteiger partial charge in [-0.25, -0.2) is 13.2 Å². The van der Waals surface area contributed by atoms with Crippen molar-refractivity contribution >= 4 is 0 Å². The number of benzene rings is 2. The van der Waals surface area contributed by atoms with Crippen molar-refractivity contribution in [2.75, 3.05) is 0 Å². The summed E-state index contributed by atoms with van der Waals surface area (Å²) in [6.45, 7) is 2.59. The van der Waals surface area contributed by atoms with Crippen LogP contribution >= 0.6 is 0 Å². The molecule has 1 unspecified atom stereocenters. The molecule has 0 radical (unpaired) electrons. The fourth-order valence-corrected chi connectivity index (χ4v) is 3.19. The van der Waals surface area contributed by atoms with Gasteiger partial charge in [-0.05, 0) is 47.7 Å². The van der Waals surface area contributed by atoms with Gasteiger partial charge in [-0.1, -0.05) is 13.8 Å². The van der Waals surface area contributed by atoms with Crippen LogP contribution in [0.2, 0.25) is 0 Å². The Kier molecular flexibility index (Phi) is 5.52. The molecule has 0 heterocycles. The molecule has 0 spiro atoms. The molecule has 0 bridgehead atoms. The van der Waals surface area contributed by atoms with Gasteiger partial charge in [0.1, 0.15) is 23.2 Å². The highest BCUT2D eigenvalue weighted by Crippen LogP contribution is 2.45. The fraction of sp³-hybridized carbons (Fsp3) is 0.368. The Morgan fingerprint density at radius 2 is 1.41 bits per heavy atom. The van der Waals surface area contributed by atoms with Crippen LogP contribution in [0.25, 0.3) is 0 Å². The first kappa shape index (κ1) is 21.1. The minimum Gasteiger partial charge on any atom is -0.508 e. The van der Waals surface area contributed by atoms with Crippen molar-refractivity contribution in [1.29, 1.82) is 0 Å². The first-order chi connectivity index (χ1) is 12.2. The number of aromatic hydroxyl groups is 1. The minimum atomic E-state index is -5.14. The highest BCUT2D eigenvalue weighted by Gasteiger charge is 2.56. The van der Waals surface area contributed by atoms with E-state index in [1.807, 2.05) is 0 Å². The van der Waals surface area contributed by atoms with Gasteiger partial charge < -0.3 is 10.2 Å². The molecule has 2 aromatic rings. The molecule has 148 valence electrons. The van der Waals surface area contributed by atoms with E-state index in [0.29, 0.717) is 18.2 Å². The van der Waals surface area contributed by atoms with E-state index in [1.165, 1.54) is 13.8 Å². The van der Waals surface area contributed by atoms with Crippen LogP contribution in [0.15, 0.2) is 36.4 Å². The third kappa shape index (κ3) is 4.74. The molecule has 2 N–H and O–H groups in total. The van der Waals surface area contributed by atoms with Gasteiger partial charge in [0, 0.05) is 18.1 Å². The molecule has 1 atom stereocenters. The molecule has 0 aliphatic carbocycles. The van der Waals surface area contributed by atoms with Gasteiger partial charge >= 0.3 is 6.18 Å². The van der Waals surface area contributed by atoms with Gasteiger partial charge in [0.05, 0.1) is 0 Å². The molecule has 0 aromatic heterocycles. The van der Waals surface area contributed by atoms with Crippen LogP contribution in [0.5, 0.6) is 5.75 Å². The Labute approximate surface area is 152 Å². The minimum absolute atomic E-state index is 0.129. The molecular weight excluding hydrogens is 374 g/mol. The molecular formula is C19H18F6O2. The second-order valence-electron chi connectivity index (χ2n) is 7.21. The molecule has 0 amide bonds. The van der Waals surface area contributed by atoms with Crippen molar-refractivity contribution in [3.8, 4) is 5.75 Å². The van der Waals surface area contributed by atoms with E-state index in [-0.39, 0.29) is 11.1 Å². The summed E-state index contributed by atoms with van der Waals surface area (Å²) < 4.78 is 81.1. The number of hydrogen-bond donors (Lipinski definition) is 2. The fourth-order valence-electron chi connectivity index (χ4n) is 3.19. The second kappa shape index (κ2) is 7.07. The predicted octanol–water partition coefficient (Wildman–Crippen LogP) is 5.01. The Balaban J connectivity index is 2.45. The molecule has 2 nitrogen and oxygen atoms in total. The summed E-state index contributed by atoms with van der Waals surface area (Å²) in [6, 6.07) is 4.74. The van der Waals surface area contributed by atoms with E-state index < -0.39 is 53.2 Å². The van der Waals surface area contributed by atoms with Crippen LogP contribution in [0.4, 0.5) is 26.3 Å². The second-order valence-corrected chi connectivity index (χ2v) is 7.21. The third-order valence-corrected chi connectivity index (χ3v) is 4.37. The molecule has 0 saturated carbocycles. The lowest BCUT2D eigenvalue weighted by Gasteiger charge is -2.38. The predicted molar refractivity (Wildman–Crippen MR) is 86.8 cm³/mol. The van der Waals surface area contributed by atoms with E-state index in [1.54, 1.807) is 0 Å². The van der Waals surface area contributed by atoms with Crippen LogP contribution in [0.1, 0.15) is 31.4 Å². The van der Waals surface area contributed by atoms with Crippen molar-refractivity contribution in [1.82, 2.24) is 0 Å². The highest BCUT2D eigenvalue weighted by atomic mass is 19.4. The molecule has 2 rings (SSSR count). The SMILES string of the molecule is CC(C)(CC(O)(Cc1cc(F)cc(F)c1)C(F)(F)F)c1cc(F)ccc1O. The highest BCUT2D eigenvalue weighted by molar-refractivity contribution is 5.38. The number of alkyl halides is 3. The monoisotopic (exact) mass is 392 g/mol. The largest absolute Gasteiger partial charge is 0.508 e. The van der Waals surface area contributed by atoms with Gasteiger partial charge in [-0.15, -0.1) is 0 Å². The zero-order chi connectivity index (χ0) is 20.6. The van der Waals surface area contributed by atoms with Crippen molar-refractivity contribution in [2.45, 2.75) is 43.9 Å². The van der Waals surface area contributed by atoms with Crippen LogP contribution in [-0.2, 0) is 11.8 Å². The van der Waals surface area contributed by atoms with Gasteiger partial charge in [-0.2, -0.15) is 13.2 Å². The first-order valence-electron chi connectivity index (χ1n) is 7.97. The van der Waals surface area contributed by atoms with Crippen LogP contribution < -0.4 is 0 Å². The summed E-state index contributed by atoms with van der Waals surface area (Å²) >= 11 is 0. The normalized spacial score (nSPS) is 14.9. The Morgan fingerprint density at radius 1 is 0.852 bits per heavy atom. The van der Waals surface area contributed by atoms with Crippen LogP contribution in [0, 0.1) is 17.5 Å². The van der Waals surface area contributed by atoms with Crippen molar-refractivity contribution < 1.29 is 36.6 Å². The number of phenolic OH excluding ortho intramolecular Hbond substituents is 1. The van der Waals surface area contributed by atoms with Gasteiger partial charge in [0.2, 0.25) is 0 Å². The first-order valence-corrected chi connectivity index (χ1v) is 7.97. The Hall–Kier alpha value is -2.22. The number of halogens is 6. The lowest BCUT2D eigenvalue weighted by atomic mass is 9.72. The van der Waals surface area contributed by atoms with E-state index in [4.69, 9.17) is 0 Å². The molecule has 2 aromatic carbocycles. The molecule has 0 saturated heterocycles. The average molecular weight is 392 g/mol.